The van der Waals surface area contributed by atoms with Gasteiger partial charge in [0.05, 0.1) is 7.11 Å². The van der Waals surface area contributed by atoms with Crippen LogP contribution in [0.5, 0.6) is 5.75 Å². The molecule has 0 radical (unpaired) electrons. The van der Waals surface area contributed by atoms with Crippen LogP contribution in [0.1, 0.15) is 31.5 Å². The molecule has 22 heavy (non-hydrogen) atoms. The summed E-state index contributed by atoms with van der Waals surface area (Å²) in [4.78, 5) is 15.3. The minimum Gasteiger partial charge on any atom is -0.497 e. The Morgan fingerprint density at radius 3 is 2.55 bits per heavy atom. The topological polar surface area (TPSA) is 70.2 Å². The van der Waals surface area contributed by atoms with Gasteiger partial charge < -0.3 is 14.9 Å². The molecule has 0 unspecified atom stereocenters. The molecule has 6 heteroatoms. The van der Waals surface area contributed by atoms with Gasteiger partial charge in [0, 0.05) is 0 Å². The molecular formula is C16H21N3O3. The predicted octanol–water partition coefficient (Wildman–Crippen LogP) is 3.44. The second-order valence-corrected chi connectivity index (χ2v) is 5.68. The number of imidazole rings is 1. The summed E-state index contributed by atoms with van der Waals surface area (Å²) in [6.45, 7) is 4.62. The Morgan fingerprint density at radius 1 is 1.32 bits per heavy atom. The van der Waals surface area contributed by atoms with Gasteiger partial charge in [-0.2, -0.15) is 0 Å². The largest absolute Gasteiger partial charge is 0.497 e. The summed E-state index contributed by atoms with van der Waals surface area (Å²) in [6, 6.07) is 7.49. The Balaban J connectivity index is 2.20. The van der Waals surface area contributed by atoms with Gasteiger partial charge in [-0.15, -0.1) is 0 Å². The summed E-state index contributed by atoms with van der Waals surface area (Å²) in [5.74, 6) is 1.35. The molecule has 0 saturated carbocycles. The Hall–Kier alpha value is -2.37. The second kappa shape index (κ2) is 7.06. The van der Waals surface area contributed by atoms with Gasteiger partial charge in [0.25, 0.3) is 0 Å². The van der Waals surface area contributed by atoms with Crippen LogP contribution in [0.15, 0.2) is 30.6 Å². The fourth-order valence-corrected chi connectivity index (χ4v) is 2.27. The molecule has 6 nitrogen and oxygen atoms in total. The lowest BCUT2D eigenvalue weighted by Crippen LogP contribution is -2.05. The third-order valence-electron chi connectivity index (χ3n) is 3.53. The molecule has 0 amide bonds. The number of aromatic nitrogens is 2. The first-order valence-electron chi connectivity index (χ1n) is 7.32. The highest BCUT2D eigenvalue weighted by Crippen LogP contribution is 2.22. The molecule has 0 aliphatic heterocycles. The SMILES string of the molecule is COc1ccc(Cn2cnc(CCC(C)C)c2[N+](=O)[O-])cc1. The Kier molecular flexibility index (Phi) is 5.14. The van der Waals surface area contributed by atoms with Crippen molar-refractivity contribution in [3.05, 3.63) is 52.0 Å². The monoisotopic (exact) mass is 303 g/mol. The minimum atomic E-state index is -0.341. The normalized spacial score (nSPS) is 10.9. The molecule has 118 valence electrons. The van der Waals surface area contributed by atoms with E-state index in [0.717, 1.165) is 17.7 Å². The van der Waals surface area contributed by atoms with E-state index >= 15 is 0 Å². The third-order valence-corrected chi connectivity index (χ3v) is 3.53. The number of hydrogen-bond donors (Lipinski definition) is 0. The quantitative estimate of drug-likeness (QED) is 0.580. The molecule has 0 atom stereocenters. The van der Waals surface area contributed by atoms with E-state index in [2.05, 4.69) is 18.8 Å². The van der Waals surface area contributed by atoms with Crippen LogP contribution in [0.2, 0.25) is 0 Å². The maximum Gasteiger partial charge on any atom is 0.346 e. The van der Waals surface area contributed by atoms with E-state index in [1.165, 1.54) is 0 Å². The first-order valence-corrected chi connectivity index (χ1v) is 7.32. The number of ether oxygens (including phenoxy) is 1. The van der Waals surface area contributed by atoms with Gasteiger partial charge in [-0.3, -0.25) is 0 Å². The number of benzene rings is 1. The van der Waals surface area contributed by atoms with Crippen molar-refractivity contribution in [3.8, 4) is 5.75 Å². The predicted molar refractivity (Wildman–Crippen MR) is 84.1 cm³/mol. The lowest BCUT2D eigenvalue weighted by atomic mass is 10.1. The van der Waals surface area contributed by atoms with Crippen LogP contribution in [-0.4, -0.2) is 21.6 Å². The van der Waals surface area contributed by atoms with Crippen LogP contribution in [0.25, 0.3) is 0 Å². The van der Waals surface area contributed by atoms with E-state index in [-0.39, 0.29) is 10.7 Å². The average Bonchev–Trinajstić information content (AvgIpc) is 2.89. The Bertz CT molecular complexity index is 633. The summed E-state index contributed by atoms with van der Waals surface area (Å²) < 4.78 is 6.71. The number of nitro groups is 1. The van der Waals surface area contributed by atoms with Crippen LogP contribution in [0, 0.1) is 16.0 Å². The molecular weight excluding hydrogens is 282 g/mol. The van der Waals surface area contributed by atoms with Crippen molar-refractivity contribution in [2.75, 3.05) is 7.11 Å². The molecule has 1 heterocycles. The molecule has 1 aromatic heterocycles. The number of methoxy groups -OCH3 is 1. The molecule has 2 aromatic rings. The van der Waals surface area contributed by atoms with Crippen LogP contribution < -0.4 is 4.74 Å². The van der Waals surface area contributed by atoms with Crippen LogP contribution in [0.4, 0.5) is 5.82 Å². The summed E-state index contributed by atoms with van der Waals surface area (Å²) >= 11 is 0. The van der Waals surface area contributed by atoms with Crippen LogP contribution in [0.3, 0.4) is 0 Å². The molecule has 1 aromatic carbocycles. The maximum atomic E-state index is 11.4. The van der Waals surface area contributed by atoms with Gasteiger partial charge >= 0.3 is 5.82 Å². The maximum absolute atomic E-state index is 11.4. The zero-order chi connectivity index (χ0) is 16.1. The van der Waals surface area contributed by atoms with Crippen molar-refractivity contribution in [1.29, 1.82) is 0 Å². The summed E-state index contributed by atoms with van der Waals surface area (Å²) in [6.07, 6.45) is 3.07. The van der Waals surface area contributed by atoms with Crippen LogP contribution in [-0.2, 0) is 13.0 Å². The van der Waals surface area contributed by atoms with Gasteiger partial charge in [-0.05, 0) is 41.4 Å². The van der Waals surface area contributed by atoms with E-state index < -0.39 is 0 Å². The zero-order valence-electron chi connectivity index (χ0n) is 13.2. The number of hydrogen-bond acceptors (Lipinski definition) is 4. The van der Waals surface area contributed by atoms with Crippen molar-refractivity contribution < 1.29 is 9.66 Å². The van der Waals surface area contributed by atoms with Gasteiger partial charge in [0.15, 0.2) is 6.33 Å². The van der Waals surface area contributed by atoms with E-state index in [1.807, 2.05) is 24.3 Å². The van der Waals surface area contributed by atoms with E-state index in [1.54, 1.807) is 18.0 Å². The molecule has 2 rings (SSSR count). The van der Waals surface area contributed by atoms with Crippen molar-refractivity contribution in [2.45, 2.75) is 33.2 Å². The first kappa shape index (κ1) is 16.0. The molecule has 0 saturated heterocycles. The molecule has 0 bridgehead atoms. The lowest BCUT2D eigenvalue weighted by molar-refractivity contribution is -0.392. The fraction of sp³-hybridized carbons (Fsp3) is 0.438. The molecule has 0 spiro atoms. The molecule has 0 N–H and O–H groups in total. The van der Waals surface area contributed by atoms with Gasteiger partial charge in [0.2, 0.25) is 0 Å². The molecule has 0 fully saturated rings. The van der Waals surface area contributed by atoms with Gasteiger partial charge in [-0.1, -0.05) is 26.0 Å². The fourth-order valence-electron chi connectivity index (χ4n) is 2.27. The number of rotatable bonds is 7. The van der Waals surface area contributed by atoms with Gasteiger partial charge in [-0.25, -0.2) is 9.55 Å². The zero-order valence-corrected chi connectivity index (χ0v) is 13.2. The highest BCUT2D eigenvalue weighted by molar-refractivity contribution is 5.32. The van der Waals surface area contributed by atoms with E-state index in [4.69, 9.17) is 4.74 Å². The van der Waals surface area contributed by atoms with E-state index in [9.17, 15) is 10.1 Å². The summed E-state index contributed by atoms with van der Waals surface area (Å²) in [5, 5.41) is 11.4. The highest BCUT2D eigenvalue weighted by atomic mass is 16.6. The number of aryl methyl sites for hydroxylation is 1. The lowest BCUT2D eigenvalue weighted by Gasteiger charge is -2.05. The molecule has 0 aliphatic rings. The van der Waals surface area contributed by atoms with Gasteiger partial charge in [0.1, 0.15) is 18.0 Å². The Labute approximate surface area is 129 Å². The number of nitrogens with zero attached hydrogens (tertiary/aromatic N) is 3. The summed E-state index contributed by atoms with van der Waals surface area (Å²) in [7, 11) is 1.61. The molecule has 0 aliphatic carbocycles. The average molecular weight is 303 g/mol. The first-order chi connectivity index (χ1) is 10.5. The standard InChI is InChI=1S/C16H21N3O3/c1-12(2)4-9-15-16(19(20)21)18(11-17-15)10-13-5-7-14(22-3)8-6-13/h5-8,11-12H,4,9-10H2,1-3H3. The third kappa shape index (κ3) is 3.84. The van der Waals surface area contributed by atoms with Crippen LogP contribution >= 0.6 is 0 Å². The summed E-state index contributed by atoms with van der Waals surface area (Å²) in [5.41, 5.74) is 1.53. The van der Waals surface area contributed by atoms with Crippen molar-refractivity contribution in [3.63, 3.8) is 0 Å². The van der Waals surface area contributed by atoms with Crippen molar-refractivity contribution >= 4 is 5.82 Å². The second-order valence-electron chi connectivity index (χ2n) is 5.68. The smallest absolute Gasteiger partial charge is 0.346 e. The van der Waals surface area contributed by atoms with Crippen molar-refractivity contribution in [2.24, 2.45) is 5.92 Å². The highest BCUT2D eigenvalue weighted by Gasteiger charge is 2.21. The Morgan fingerprint density at radius 2 is 2.00 bits per heavy atom. The van der Waals surface area contributed by atoms with Crippen molar-refractivity contribution in [1.82, 2.24) is 9.55 Å². The van der Waals surface area contributed by atoms with E-state index in [0.29, 0.717) is 24.6 Å². The minimum absolute atomic E-state index is 0.0940.